The van der Waals surface area contributed by atoms with Crippen LogP contribution in [0.15, 0.2) is 431 Å². The second kappa shape index (κ2) is 33.7. The van der Waals surface area contributed by atoms with Crippen molar-refractivity contribution in [3.8, 4) is 203 Å². The Labute approximate surface area is 786 Å². The zero-order valence-corrected chi connectivity index (χ0v) is 75.1. The molecule has 0 bridgehead atoms. The molecule has 0 amide bonds. The van der Waals surface area contributed by atoms with Crippen molar-refractivity contribution in [2.75, 3.05) is 0 Å². The number of fused-ring (bicyclic) bond motifs is 15. The average Bonchev–Trinajstić information content (AvgIpc) is 1.59. The van der Waals surface area contributed by atoms with Gasteiger partial charge in [0.25, 0.3) is 0 Å². The third kappa shape index (κ3) is 14.8. The smallest absolute Gasteiger partial charge is 0.164 e. The summed E-state index contributed by atoms with van der Waals surface area (Å²) in [7, 11) is 0. The van der Waals surface area contributed by atoms with E-state index in [4.69, 9.17) is 44.9 Å². The molecule has 0 atom stereocenters. The van der Waals surface area contributed by atoms with Crippen molar-refractivity contribution in [3.05, 3.63) is 486 Å². The molecule has 9 heteroatoms. The molecule has 135 heavy (non-hydrogen) atoms. The maximum atomic E-state index is 5.24. The van der Waals surface area contributed by atoms with Crippen molar-refractivity contribution in [1.82, 2.24) is 44.9 Å². The molecule has 0 N–H and O–H groups in total. The minimum absolute atomic E-state index is 0.0243. The highest BCUT2D eigenvalue weighted by atomic mass is 15.1. The Morgan fingerprint density at radius 1 is 0.141 bits per heavy atom. The second-order valence-electron chi connectivity index (χ2n) is 36.5. The molecule has 5 aliphatic rings. The molecule has 18 aromatic carbocycles. The molecule has 3 heterocycles. The molecule has 0 spiro atoms. The van der Waals surface area contributed by atoms with Crippen molar-refractivity contribution in [3.63, 3.8) is 0 Å². The van der Waals surface area contributed by atoms with Crippen LogP contribution in [0.5, 0.6) is 0 Å². The predicted octanol–water partition coefficient (Wildman–Crippen LogP) is 30.6. The summed E-state index contributed by atoms with van der Waals surface area (Å²) in [5.41, 5.74) is 44.7. The molecule has 0 saturated heterocycles. The third-order valence-corrected chi connectivity index (χ3v) is 27.8. The summed E-state index contributed by atoms with van der Waals surface area (Å²) in [5.74, 6) is 6.13. The predicted molar refractivity (Wildman–Crippen MR) is 550 cm³/mol. The molecule has 0 fully saturated rings. The molecule has 0 radical (unpaired) electrons. The lowest BCUT2D eigenvalue weighted by atomic mass is 9.82. The van der Waals surface area contributed by atoms with E-state index in [1.165, 1.54) is 145 Å². The Balaban J connectivity index is 0.000000113. The van der Waals surface area contributed by atoms with Gasteiger partial charge in [0.15, 0.2) is 52.4 Å². The summed E-state index contributed by atoms with van der Waals surface area (Å²) in [6, 6.07) is 152. The highest BCUT2D eigenvalue weighted by molar-refractivity contribution is 5.94. The van der Waals surface area contributed by atoms with E-state index < -0.39 is 0 Å². The minimum atomic E-state index is -0.105. The van der Waals surface area contributed by atoms with Gasteiger partial charge in [-0.2, -0.15) is 0 Å². The van der Waals surface area contributed by atoms with Gasteiger partial charge in [0, 0.05) is 67.3 Å². The van der Waals surface area contributed by atoms with E-state index in [9.17, 15) is 0 Å². The van der Waals surface area contributed by atoms with Gasteiger partial charge in [-0.25, -0.2) is 44.9 Å². The highest BCUT2D eigenvalue weighted by Gasteiger charge is 2.38. The van der Waals surface area contributed by atoms with Crippen LogP contribution in [0.1, 0.15) is 83.3 Å². The van der Waals surface area contributed by atoms with Gasteiger partial charge in [0.05, 0.1) is 0 Å². The number of benzene rings is 18. The van der Waals surface area contributed by atoms with Crippen molar-refractivity contribution in [2.45, 2.75) is 57.8 Å². The number of nitrogens with zero attached hydrogens (tertiary/aromatic N) is 9. The maximum Gasteiger partial charge on any atom is 0.164 e. The summed E-state index contributed by atoms with van der Waals surface area (Å²) in [6.07, 6.45) is 2.60. The van der Waals surface area contributed by atoms with Crippen LogP contribution < -0.4 is 0 Å². The molecule has 9 nitrogen and oxygen atoms in total. The lowest BCUT2D eigenvalue weighted by molar-refractivity contribution is 0.660. The molecule has 0 aliphatic heterocycles. The van der Waals surface area contributed by atoms with Crippen LogP contribution in [0.2, 0.25) is 0 Å². The minimum Gasteiger partial charge on any atom is -0.208 e. The van der Waals surface area contributed by atoms with Crippen molar-refractivity contribution in [2.24, 2.45) is 0 Å². The summed E-state index contributed by atoms with van der Waals surface area (Å²) < 4.78 is 0. The Morgan fingerprint density at radius 3 is 0.956 bits per heavy atom. The van der Waals surface area contributed by atoms with Gasteiger partial charge in [-0.15, -0.1) is 0 Å². The summed E-state index contributed by atoms with van der Waals surface area (Å²) in [6.45, 7) is 9.26. The number of hydrogen-bond donors (Lipinski definition) is 0. The first-order valence-electron chi connectivity index (χ1n) is 46.4. The lowest BCUT2D eigenvalue weighted by Gasteiger charge is -2.21. The fraction of sp³-hybridized carbons (Fsp3) is 0.0714. The molecule has 3 aromatic heterocycles. The van der Waals surface area contributed by atoms with Crippen LogP contribution in [-0.2, 0) is 30.1 Å². The maximum absolute atomic E-state index is 5.24. The zero-order chi connectivity index (χ0) is 90.2. The van der Waals surface area contributed by atoms with Gasteiger partial charge in [0.1, 0.15) is 0 Å². The molecule has 0 saturated carbocycles. The molecule has 21 aromatic rings. The van der Waals surface area contributed by atoms with Crippen molar-refractivity contribution in [1.29, 1.82) is 0 Å². The molecular weight excluding hydrogens is 1640 g/mol. The summed E-state index contributed by atoms with van der Waals surface area (Å²) in [5, 5.41) is 0. The van der Waals surface area contributed by atoms with Gasteiger partial charge in [-0.05, 0) is 205 Å². The van der Waals surface area contributed by atoms with Crippen LogP contribution in [0.25, 0.3) is 203 Å². The Morgan fingerprint density at radius 2 is 0.430 bits per heavy atom. The van der Waals surface area contributed by atoms with Crippen LogP contribution in [0.3, 0.4) is 0 Å². The lowest BCUT2D eigenvalue weighted by Crippen LogP contribution is -2.15. The monoisotopic (exact) mass is 1730 g/mol. The van der Waals surface area contributed by atoms with Gasteiger partial charge < -0.3 is 0 Å². The topological polar surface area (TPSA) is 116 Å². The molecule has 26 rings (SSSR count). The van der Waals surface area contributed by atoms with Crippen LogP contribution in [0, 0.1) is 0 Å². The Bertz CT molecular complexity index is 8160. The zero-order valence-electron chi connectivity index (χ0n) is 75.1. The SMILES string of the molecule is CC1(C)c2ccccc2-c2cc(-c3cccc(-c4nc(-c5ccccc5)nc(-c5cccc6c5Cc5c(-c7ccccc7)cccc5-6)n4)c3)ccc21.CC1(C)c2ccccc2-c2ccc(-c3nc(-c4ccccc4)nc(-c4ccc5c(c4)-c4cccc(-c6ccccc6)c4C5)n3)cc21.c1ccc(-c2cc(-c3nc(-c4ccccc4)nc(-c4ccccc4)n3)c3c(c2)-c2ccccc2C3)cc1. The van der Waals surface area contributed by atoms with E-state index in [0.717, 1.165) is 80.5 Å². The molecule has 638 valence electrons. The fourth-order valence-corrected chi connectivity index (χ4v) is 21.0. The largest absolute Gasteiger partial charge is 0.208 e. The van der Waals surface area contributed by atoms with Crippen LogP contribution >= 0.6 is 0 Å². The van der Waals surface area contributed by atoms with E-state index in [0.29, 0.717) is 52.4 Å². The Kier molecular flexibility index (Phi) is 20.3. The van der Waals surface area contributed by atoms with Gasteiger partial charge in [-0.1, -0.05) is 422 Å². The van der Waals surface area contributed by atoms with Gasteiger partial charge in [-0.3, -0.25) is 0 Å². The Hall–Kier alpha value is -17.0. The quantitative estimate of drug-likeness (QED) is 0.111. The number of aromatic nitrogens is 9. The number of hydrogen-bond acceptors (Lipinski definition) is 9. The van der Waals surface area contributed by atoms with Gasteiger partial charge in [0.2, 0.25) is 0 Å². The molecule has 5 aliphatic carbocycles. The normalized spacial score (nSPS) is 12.9. The summed E-state index contributed by atoms with van der Waals surface area (Å²) >= 11 is 0. The van der Waals surface area contributed by atoms with E-state index in [1.807, 2.05) is 72.8 Å². The highest BCUT2D eigenvalue weighted by Crippen LogP contribution is 2.54. The number of rotatable bonds is 13. The van der Waals surface area contributed by atoms with Gasteiger partial charge >= 0.3 is 0 Å². The standard InChI is InChI=1S/C49H35N3.C43H31N3.C34H23N3/c1-49(2)44-25-10-9-20-39(44)43-29-34(26-27-45(43)49)33-18-11-19-35(28-33)47-50-46(32-16-7-4-8-17-32)51-48(52-47)40-24-13-23-38-37-22-12-21-36(41(37)30-42(38)40)31-14-5-3-6-15-31;1-43(2)38-19-10-9-16-34(38)35-23-22-31(26-39(35)43)42-45-40(28-14-7-4-8-15-28)44-41(46-42)30-21-20-29-24-37-32(27-12-5-3-6-13-27)17-11-18-33(37)36(29)25-30;1-4-12-23(13-5-1)27-21-29-28-19-11-10-18-26(28)20-30(29)31(22-27)34-36-32(24-14-6-2-7-15-24)35-33(37-34)25-16-8-3-9-17-25/h3-29H,30H2,1-2H3;3-23,25-26H,24H2,1-2H3;1-19,21-22H,20H2. The van der Waals surface area contributed by atoms with Crippen LogP contribution in [0.4, 0.5) is 0 Å². The van der Waals surface area contributed by atoms with Crippen molar-refractivity contribution >= 4 is 0 Å². The first kappa shape index (κ1) is 81.2. The second-order valence-corrected chi connectivity index (χ2v) is 36.5. The van der Waals surface area contributed by atoms with E-state index >= 15 is 0 Å². The third-order valence-electron chi connectivity index (χ3n) is 27.8. The van der Waals surface area contributed by atoms with Crippen molar-refractivity contribution < 1.29 is 0 Å². The van der Waals surface area contributed by atoms with Crippen LogP contribution in [-0.4, -0.2) is 44.9 Å². The average molecular weight is 1730 g/mol. The first-order chi connectivity index (χ1) is 66.4. The first-order valence-corrected chi connectivity index (χ1v) is 46.4. The molecular formula is C126H89N9. The van der Waals surface area contributed by atoms with E-state index in [2.05, 4.69) is 386 Å². The van der Waals surface area contributed by atoms with E-state index in [-0.39, 0.29) is 10.8 Å². The van der Waals surface area contributed by atoms with E-state index in [1.54, 1.807) is 0 Å². The molecule has 0 unspecified atom stereocenters. The summed E-state index contributed by atoms with van der Waals surface area (Å²) in [4.78, 5) is 45.7. The fourth-order valence-electron chi connectivity index (χ4n) is 21.0.